The molecule has 1 aromatic carbocycles. The average molecular weight is 385 g/mol. The normalized spacial score (nSPS) is 11.5. The molecule has 0 saturated carbocycles. The predicted octanol–water partition coefficient (Wildman–Crippen LogP) is 4.50. The summed E-state index contributed by atoms with van der Waals surface area (Å²) >= 11 is 1.39. The molecule has 0 N–H and O–H groups in total. The Balaban J connectivity index is 2.11. The number of ether oxygens (including phenoxy) is 1. The van der Waals surface area contributed by atoms with Crippen LogP contribution in [0.25, 0.3) is 0 Å². The van der Waals surface area contributed by atoms with Crippen LogP contribution in [0.5, 0.6) is 0 Å². The standard InChI is InChI=1S/C21H24N2O3S/c1-4-9-17-14-19(27-16(17)3)21(25)26-15(2)20(24)23(13-8-12-22)18-10-6-5-7-11-18/h5-7,10-11,14-15H,4,8-9,13H2,1-3H3/t15-/m0/s1. The molecule has 1 amide bonds. The Hall–Kier alpha value is -2.65. The van der Waals surface area contributed by atoms with E-state index in [0.29, 0.717) is 10.6 Å². The van der Waals surface area contributed by atoms with E-state index < -0.39 is 12.1 Å². The summed E-state index contributed by atoms with van der Waals surface area (Å²) in [5.74, 6) is -0.827. The summed E-state index contributed by atoms with van der Waals surface area (Å²) in [6.07, 6.45) is 1.19. The van der Waals surface area contributed by atoms with E-state index >= 15 is 0 Å². The topological polar surface area (TPSA) is 70.4 Å². The maximum Gasteiger partial charge on any atom is 0.349 e. The first-order valence-corrected chi connectivity index (χ1v) is 9.83. The monoisotopic (exact) mass is 384 g/mol. The number of anilines is 1. The lowest BCUT2D eigenvalue weighted by Crippen LogP contribution is -2.40. The van der Waals surface area contributed by atoms with Crippen LogP contribution >= 0.6 is 11.3 Å². The quantitative estimate of drug-likeness (QED) is 0.628. The molecule has 0 aliphatic rings. The lowest BCUT2D eigenvalue weighted by Gasteiger charge is -2.25. The van der Waals surface area contributed by atoms with Gasteiger partial charge in [0.15, 0.2) is 6.10 Å². The van der Waals surface area contributed by atoms with Gasteiger partial charge in [0.25, 0.3) is 5.91 Å². The van der Waals surface area contributed by atoms with Gasteiger partial charge in [0, 0.05) is 17.1 Å². The van der Waals surface area contributed by atoms with Gasteiger partial charge in [-0.2, -0.15) is 5.26 Å². The number of para-hydroxylation sites is 1. The predicted molar refractivity (Wildman–Crippen MR) is 107 cm³/mol. The van der Waals surface area contributed by atoms with E-state index in [9.17, 15) is 9.59 Å². The van der Waals surface area contributed by atoms with Crippen LogP contribution in [-0.4, -0.2) is 24.5 Å². The molecule has 0 aliphatic heterocycles. The molecule has 2 aromatic rings. The largest absolute Gasteiger partial charge is 0.448 e. The zero-order valence-corrected chi connectivity index (χ0v) is 16.7. The van der Waals surface area contributed by atoms with E-state index in [1.807, 2.05) is 37.3 Å². The molecule has 1 aromatic heterocycles. The van der Waals surface area contributed by atoms with Gasteiger partial charge in [-0.3, -0.25) is 4.79 Å². The van der Waals surface area contributed by atoms with Gasteiger partial charge in [0.1, 0.15) is 4.88 Å². The second-order valence-electron chi connectivity index (χ2n) is 6.22. The number of hydrogen-bond acceptors (Lipinski definition) is 5. The molecule has 0 saturated heterocycles. The van der Waals surface area contributed by atoms with E-state index in [4.69, 9.17) is 10.00 Å². The molecule has 142 valence electrons. The van der Waals surface area contributed by atoms with Gasteiger partial charge in [-0.25, -0.2) is 4.79 Å². The molecule has 0 radical (unpaired) electrons. The number of amides is 1. The van der Waals surface area contributed by atoms with Crippen molar-refractivity contribution in [1.82, 2.24) is 0 Å². The first-order chi connectivity index (χ1) is 13.0. The second-order valence-corrected chi connectivity index (χ2v) is 7.48. The second kappa shape index (κ2) is 9.89. The van der Waals surface area contributed by atoms with Crippen molar-refractivity contribution in [1.29, 1.82) is 5.26 Å². The maximum atomic E-state index is 12.8. The number of carbonyl (C=O) groups is 2. The molecule has 0 bridgehead atoms. The highest BCUT2D eigenvalue weighted by atomic mass is 32.1. The summed E-state index contributed by atoms with van der Waals surface area (Å²) < 4.78 is 5.42. The molecule has 2 rings (SSSR count). The SMILES string of the molecule is CCCc1cc(C(=O)O[C@@H](C)C(=O)N(CCC#N)c2ccccc2)sc1C. The van der Waals surface area contributed by atoms with Crippen molar-refractivity contribution in [2.45, 2.75) is 46.1 Å². The van der Waals surface area contributed by atoms with Crippen LogP contribution < -0.4 is 4.90 Å². The van der Waals surface area contributed by atoms with Crippen molar-refractivity contribution in [3.63, 3.8) is 0 Å². The number of rotatable bonds is 8. The minimum absolute atomic E-state index is 0.200. The Kier molecular flexibility index (Phi) is 7.56. The third-order valence-electron chi connectivity index (χ3n) is 4.15. The Morgan fingerprint density at radius 1 is 1.30 bits per heavy atom. The fourth-order valence-electron chi connectivity index (χ4n) is 2.76. The van der Waals surface area contributed by atoms with E-state index in [0.717, 1.165) is 23.3 Å². The summed E-state index contributed by atoms with van der Waals surface area (Å²) in [5, 5.41) is 8.88. The van der Waals surface area contributed by atoms with Crippen molar-refractivity contribution < 1.29 is 14.3 Å². The number of esters is 1. The van der Waals surface area contributed by atoms with Crippen molar-refractivity contribution >= 4 is 28.9 Å². The van der Waals surface area contributed by atoms with Crippen LogP contribution in [0.3, 0.4) is 0 Å². The van der Waals surface area contributed by atoms with Gasteiger partial charge >= 0.3 is 5.97 Å². The molecule has 5 nitrogen and oxygen atoms in total. The van der Waals surface area contributed by atoms with Crippen LogP contribution in [0.1, 0.15) is 46.8 Å². The zero-order valence-electron chi connectivity index (χ0n) is 15.9. The van der Waals surface area contributed by atoms with Crippen LogP contribution in [0.15, 0.2) is 36.4 Å². The Morgan fingerprint density at radius 3 is 2.63 bits per heavy atom. The van der Waals surface area contributed by atoms with Gasteiger partial charge in [-0.1, -0.05) is 31.5 Å². The summed E-state index contributed by atoms with van der Waals surface area (Å²) in [7, 11) is 0. The number of thiophene rings is 1. The van der Waals surface area contributed by atoms with Crippen LogP contribution in [0, 0.1) is 18.3 Å². The van der Waals surface area contributed by atoms with Gasteiger partial charge < -0.3 is 9.64 Å². The third-order valence-corrected chi connectivity index (χ3v) is 5.23. The fourth-order valence-corrected chi connectivity index (χ4v) is 3.72. The van der Waals surface area contributed by atoms with Gasteiger partial charge in [-0.05, 0) is 44.0 Å². The summed E-state index contributed by atoms with van der Waals surface area (Å²) in [6.45, 7) is 5.89. The van der Waals surface area contributed by atoms with Gasteiger partial charge in [-0.15, -0.1) is 11.3 Å². The molecule has 6 heteroatoms. The molecule has 0 unspecified atom stereocenters. The highest BCUT2D eigenvalue weighted by Gasteiger charge is 2.26. The minimum atomic E-state index is -0.937. The number of carbonyl (C=O) groups excluding carboxylic acids is 2. The van der Waals surface area contributed by atoms with Crippen LogP contribution in [0.4, 0.5) is 5.69 Å². The molecule has 0 aliphatic carbocycles. The van der Waals surface area contributed by atoms with Gasteiger partial charge in [0.05, 0.1) is 12.5 Å². The lowest BCUT2D eigenvalue weighted by molar-refractivity contribution is -0.126. The summed E-state index contributed by atoms with van der Waals surface area (Å²) in [5.41, 5.74) is 1.83. The fraction of sp³-hybridized carbons (Fsp3) is 0.381. The van der Waals surface area contributed by atoms with Crippen molar-refractivity contribution in [3.05, 3.63) is 51.7 Å². The molecule has 0 fully saturated rings. The summed E-state index contributed by atoms with van der Waals surface area (Å²) in [6, 6.07) is 13.0. The van der Waals surface area contributed by atoms with Crippen molar-refractivity contribution in [3.8, 4) is 6.07 Å². The average Bonchev–Trinajstić information content (AvgIpc) is 3.04. The van der Waals surface area contributed by atoms with Crippen molar-refractivity contribution in [2.75, 3.05) is 11.4 Å². The van der Waals surface area contributed by atoms with Gasteiger partial charge in [0.2, 0.25) is 0 Å². The first-order valence-electron chi connectivity index (χ1n) is 9.01. The number of nitrogens with zero attached hydrogens (tertiary/aromatic N) is 2. The molecule has 0 spiro atoms. The van der Waals surface area contributed by atoms with Crippen LogP contribution in [-0.2, 0) is 16.0 Å². The van der Waals surface area contributed by atoms with E-state index in [1.165, 1.54) is 16.2 Å². The molecule has 27 heavy (non-hydrogen) atoms. The third kappa shape index (κ3) is 5.41. The molecular weight excluding hydrogens is 360 g/mol. The first kappa shape index (κ1) is 20.7. The smallest absolute Gasteiger partial charge is 0.349 e. The molecule has 1 atom stereocenters. The number of hydrogen-bond donors (Lipinski definition) is 0. The summed E-state index contributed by atoms with van der Waals surface area (Å²) in [4.78, 5) is 28.4. The van der Waals surface area contributed by atoms with Crippen molar-refractivity contribution in [2.24, 2.45) is 0 Å². The van der Waals surface area contributed by atoms with E-state index in [1.54, 1.807) is 19.1 Å². The number of nitriles is 1. The maximum absolute atomic E-state index is 12.8. The Labute approximate surface area is 164 Å². The Bertz CT molecular complexity index is 824. The highest BCUT2D eigenvalue weighted by molar-refractivity contribution is 7.14. The Morgan fingerprint density at radius 2 is 2.00 bits per heavy atom. The van der Waals surface area contributed by atoms with E-state index in [-0.39, 0.29) is 18.9 Å². The molecule has 1 heterocycles. The molecular formula is C21H24N2O3S. The zero-order chi connectivity index (χ0) is 19.8. The van der Waals surface area contributed by atoms with E-state index in [2.05, 4.69) is 6.92 Å². The number of benzene rings is 1. The lowest BCUT2D eigenvalue weighted by atomic mass is 10.1. The highest BCUT2D eigenvalue weighted by Crippen LogP contribution is 2.24. The van der Waals surface area contributed by atoms with Crippen LogP contribution in [0.2, 0.25) is 0 Å². The minimum Gasteiger partial charge on any atom is -0.448 e. The number of aryl methyl sites for hydroxylation is 2.